The Labute approximate surface area is 270 Å². The van der Waals surface area contributed by atoms with Crippen LogP contribution in [0.2, 0.25) is 0 Å². The number of amides is 2. The summed E-state index contributed by atoms with van der Waals surface area (Å²) in [7, 11) is 0. The third-order valence-corrected chi connectivity index (χ3v) is 7.76. The molecule has 0 aliphatic carbocycles. The first-order chi connectivity index (χ1) is 22.2. The lowest BCUT2D eigenvalue weighted by molar-refractivity contribution is -0.136. The van der Waals surface area contributed by atoms with Gasteiger partial charge in [-0.2, -0.15) is 0 Å². The number of aliphatic hydroxyl groups is 2. The van der Waals surface area contributed by atoms with Crippen LogP contribution in [-0.2, 0) is 22.6 Å². The van der Waals surface area contributed by atoms with Crippen LogP contribution in [0.25, 0.3) is 33.8 Å². The van der Waals surface area contributed by atoms with Crippen LogP contribution in [0, 0.1) is 17.2 Å². The summed E-state index contributed by atoms with van der Waals surface area (Å²) in [5, 5.41) is 35.9. The molecule has 47 heavy (non-hydrogen) atoms. The van der Waals surface area contributed by atoms with Crippen LogP contribution in [0.1, 0.15) is 57.8 Å². The molecule has 0 unspecified atom stereocenters. The van der Waals surface area contributed by atoms with Gasteiger partial charge in [0.05, 0.1) is 6.61 Å². The molecule has 2 amide bonds. The van der Waals surface area contributed by atoms with E-state index in [0.29, 0.717) is 22.0 Å². The number of hydrogen-bond acceptors (Lipinski definition) is 9. The van der Waals surface area contributed by atoms with Gasteiger partial charge in [0.1, 0.15) is 41.7 Å². The maximum absolute atomic E-state index is 14.3. The van der Waals surface area contributed by atoms with E-state index in [2.05, 4.69) is 20.6 Å². The van der Waals surface area contributed by atoms with Crippen LogP contribution >= 0.6 is 0 Å². The zero-order valence-corrected chi connectivity index (χ0v) is 26.7. The molecule has 2 aromatic carbocycles. The Kier molecular flexibility index (Phi) is 9.50. The predicted molar refractivity (Wildman–Crippen MR) is 170 cm³/mol. The molecule has 12 nitrogen and oxygen atoms in total. The summed E-state index contributed by atoms with van der Waals surface area (Å²) in [6.07, 6.45) is 1.64. The highest BCUT2D eigenvalue weighted by molar-refractivity contribution is 5.96. The van der Waals surface area contributed by atoms with Crippen molar-refractivity contribution in [2.45, 2.75) is 65.8 Å². The Hall–Kier alpha value is -5.01. The van der Waals surface area contributed by atoms with Crippen molar-refractivity contribution in [3.05, 3.63) is 77.9 Å². The molecule has 248 valence electrons. The Morgan fingerprint density at radius 1 is 1.04 bits per heavy atom. The highest BCUT2D eigenvalue weighted by atomic mass is 19.1. The van der Waals surface area contributed by atoms with E-state index < -0.39 is 47.2 Å². The summed E-state index contributed by atoms with van der Waals surface area (Å²) in [6.45, 7) is 8.61. The van der Waals surface area contributed by atoms with E-state index in [1.807, 2.05) is 20.8 Å². The van der Waals surface area contributed by atoms with Crippen molar-refractivity contribution in [1.82, 2.24) is 25.6 Å². The number of aliphatic hydroxyl groups excluding tert-OH is 2. The van der Waals surface area contributed by atoms with E-state index in [1.54, 1.807) is 38.2 Å². The molecule has 13 heteroatoms. The zero-order chi connectivity index (χ0) is 34.0. The number of carbonyl (C=O) groups is 2. The van der Waals surface area contributed by atoms with Crippen molar-refractivity contribution < 1.29 is 38.1 Å². The van der Waals surface area contributed by atoms with Crippen molar-refractivity contribution in [2.75, 3.05) is 0 Å². The number of carbonyl (C=O) groups excluding carboxylic acids is 2. The fourth-order valence-electron chi connectivity index (χ4n) is 5.09. The molecule has 0 aliphatic heterocycles. The number of rotatable bonds is 11. The Morgan fingerprint density at radius 3 is 2.40 bits per heavy atom. The lowest BCUT2D eigenvalue weighted by atomic mass is 9.86. The maximum atomic E-state index is 14.3. The molecule has 0 fully saturated rings. The second kappa shape index (κ2) is 13.4. The number of fused-ring (bicyclic) bond motifs is 1. The number of aromatic amines is 1. The van der Waals surface area contributed by atoms with Crippen LogP contribution in [0.5, 0.6) is 5.75 Å². The van der Waals surface area contributed by atoms with Gasteiger partial charge in [-0.1, -0.05) is 46.8 Å². The van der Waals surface area contributed by atoms with E-state index in [9.17, 15) is 29.3 Å². The van der Waals surface area contributed by atoms with Crippen molar-refractivity contribution >= 4 is 22.7 Å². The van der Waals surface area contributed by atoms with Gasteiger partial charge in [0.15, 0.2) is 11.5 Å². The summed E-state index contributed by atoms with van der Waals surface area (Å²) in [5.74, 6) is -1.75. The topological polar surface area (TPSA) is 187 Å². The number of nitrogens with one attached hydrogen (secondary N) is 3. The van der Waals surface area contributed by atoms with Crippen LogP contribution in [-0.4, -0.2) is 54.2 Å². The summed E-state index contributed by atoms with van der Waals surface area (Å²) in [6, 6.07) is 8.51. The normalized spacial score (nSPS) is 13.9. The average molecular weight is 648 g/mol. The summed E-state index contributed by atoms with van der Waals surface area (Å²) in [5.41, 5.74) is 1.51. The standard InChI is InChI=1S/C34H38FN5O7/c1-17(2)27(43)31(45)38-25(12-18-6-9-21(42)10-7-18)30(44)40-29(34(3,4)5)33-39-26(32-37-20(15-41)16-46-32)28(47-33)23-14-36-24-11-8-19(35)13-22(23)24/h6-11,13-14,16-17,25,27,29,36,41-43H,12,15H2,1-5H3,(H,38,45)(H,40,44)/t25-,27-,29+/m0/s1. The van der Waals surface area contributed by atoms with E-state index in [4.69, 9.17) is 13.8 Å². The molecular formula is C34H38FN5O7. The Morgan fingerprint density at radius 2 is 1.77 bits per heavy atom. The lowest BCUT2D eigenvalue weighted by Crippen LogP contribution is -2.53. The quantitative estimate of drug-likeness (QED) is 0.118. The van der Waals surface area contributed by atoms with Gasteiger partial charge in [0.25, 0.3) is 0 Å². The number of halogens is 1. The highest BCUT2D eigenvalue weighted by Gasteiger charge is 2.37. The molecule has 5 rings (SSSR count). The van der Waals surface area contributed by atoms with Crippen molar-refractivity contribution in [1.29, 1.82) is 0 Å². The van der Waals surface area contributed by atoms with Gasteiger partial charge in [0.2, 0.25) is 23.6 Å². The molecule has 0 aliphatic rings. The lowest BCUT2D eigenvalue weighted by Gasteiger charge is -2.31. The zero-order valence-electron chi connectivity index (χ0n) is 26.7. The highest BCUT2D eigenvalue weighted by Crippen LogP contribution is 2.41. The van der Waals surface area contributed by atoms with Gasteiger partial charge in [-0.25, -0.2) is 14.4 Å². The Balaban J connectivity index is 1.55. The van der Waals surface area contributed by atoms with Crippen LogP contribution in [0.15, 0.2) is 63.8 Å². The number of phenolic OH excluding ortho intramolecular Hbond substituents is 1. The Bertz CT molecular complexity index is 1870. The van der Waals surface area contributed by atoms with Gasteiger partial charge < -0.3 is 39.8 Å². The first-order valence-electron chi connectivity index (χ1n) is 15.1. The number of aromatic hydroxyl groups is 1. The number of benzene rings is 2. The number of nitrogens with zero attached hydrogens (tertiary/aromatic N) is 2. The van der Waals surface area contributed by atoms with Crippen LogP contribution < -0.4 is 10.6 Å². The van der Waals surface area contributed by atoms with Gasteiger partial charge >= 0.3 is 0 Å². The number of phenols is 1. The molecule has 6 N–H and O–H groups in total. The predicted octanol–water partition coefficient (Wildman–Crippen LogP) is 4.76. The monoisotopic (exact) mass is 647 g/mol. The average Bonchev–Trinajstić information content (AvgIpc) is 3.77. The minimum Gasteiger partial charge on any atom is -0.508 e. The van der Waals surface area contributed by atoms with E-state index in [0.717, 1.165) is 0 Å². The molecule has 3 heterocycles. The van der Waals surface area contributed by atoms with E-state index >= 15 is 0 Å². The second-order valence-electron chi connectivity index (χ2n) is 12.9. The number of H-pyrrole nitrogens is 1. The number of hydrogen-bond donors (Lipinski definition) is 6. The molecule has 0 bridgehead atoms. The molecular weight excluding hydrogens is 609 g/mol. The largest absolute Gasteiger partial charge is 0.508 e. The first-order valence-corrected chi connectivity index (χ1v) is 15.1. The molecule has 0 saturated carbocycles. The van der Waals surface area contributed by atoms with E-state index in [-0.39, 0.29) is 47.7 Å². The molecule has 0 radical (unpaired) electrons. The molecule has 0 saturated heterocycles. The fourth-order valence-corrected chi connectivity index (χ4v) is 5.09. The fraction of sp³-hybridized carbons (Fsp3) is 0.353. The SMILES string of the molecule is CC(C)[C@H](O)C(=O)N[C@@H](Cc1ccc(O)cc1)C(=O)N[C@H](c1nc(-c2nc(CO)co2)c(-c2c[nH]c3ccc(F)cc23)o1)C(C)(C)C. The van der Waals surface area contributed by atoms with Crippen LogP contribution in [0.4, 0.5) is 4.39 Å². The second-order valence-corrected chi connectivity index (χ2v) is 12.9. The van der Waals surface area contributed by atoms with E-state index in [1.165, 1.54) is 30.5 Å². The molecule has 5 aromatic rings. The third-order valence-electron chi connectivity index (χ3n) is 7.76. The summed E-state index contributed by atoms with van der Waals surface area (Å²) < 4.78 is 26.3. The minimum absolute atomic E-state index is 0.0453. The van der Waals surface area contributed by atoms with Crippen molar-refractivity contribution in [3.63, 3.8) is 0 Å². The summed E-state index contributed by atoms with van der Waals surface area (Å²) in [4.78, 5) is 39.0. The van der Waals surface area contributed by atoms with Gasteiger partial charge in [-0.15, -0.1) is 0 Å². The number of oxazole rings is 2. The smallest absolute Gasteiger partial charge is 0.249 e. The van der Waals surface area contributed by atoms with Crippen molar-refractivity contribution in [3.8, 4) is 28.7 Å². The minimum atomic E-state index is -1.34. The first kappa shape index (κ1) is 33.4. The molecule has 3 atom stereocenters. The van der Waals surface area contributed by atoms with Crippen LogP contribution in [0.3, 0.4) is 0 Å². The molecule has 3 aromatic heterocycles. The van der Waals surface area contributed by atoms with Gasteiger partial charge in [0, 0.05) is 29.1 Å². The van der Waals surface area contributed by atoms with Gasteiger partial charge in [-0.05, 0) is 47.2 Å². The van der Waals surface area contributed by atoms with Gasteiger partial charge in [-0.3, -0.25) is 9.59 Å². The maximum Gasteiger partial charge on any atom is 0.249 e. The van der Waals surface area contributed by atoms with Crippen molar-refractivity contribution in [2.24, 2.45) is 11.3 Å². The third kappa shape index (κ3) is 7.36. The summed E-state index contributed by atoms with van der Waals surface area (Å²) >= 11 is 0. The molecule has 0 spiro atoms. The number of aromatic nitrogens is 3.